The van der Waals surface area contributed by atoms with Crippen LogP contribution in [0.25, 0.3) is 12.2 Å². The molecule has 28 heavy (non-hydrogen) atoms. The average molecular weight is 390 g/mol. The minimum Gasteiger partial charge on any atom is -0.493 e. The molecule has 0 aliphatic heterocycles. The molecular weight excluding hydrogens is 360 g/mol. The van der Waals surface area contributed by atoms with Gasteiger partial charge in [-0.1, -0.05) is 25.3 Å². The van der Waals surface area contributed by atoms with Gasteiger partial charge in [-0.15, -0.1) is 0 Å². The summed E-state index contributed by atoms with van der Waals surface area (Å²) in [4.78, 5) is 21.0. The van der Waals surface area contributed by atoms with E-state index in [-0.39, 0.29) is 12.8 Å². The third-order valence-electron chi connectivity index (χ3n) is 4.17. The van der Waals surface area contributed by atoms with E-state index in [1.165, 1.54) is 0 Å². The van der Waals surface area contributed by atoms with Gasteiger partial charge in [-0.05, 0) is 50.7 Å². The predicted molar refractivity (Wildman–Crippen MR) is 110 cm³/mol. The van der Waals surface area contributed by atoms with Crippen LogP contribution in [0, 0.1) is 0 Å². The first kappa shape index (κ1) is 23.3. The highest BCUT2D eigenvalue weighted by atomic mass is 16.5. The number of unbranched alkanes of at least 4 members (excludes halogenated alkanes) is 4. The van der Waals surface area contributed by atoms with Crippen molar-refractivity contribution in [2.75, 3.05) is 13.2 Å². The molecule has 0 aliphatic carbocycles. The Hall–Kier alpha value is -2.76. The van der Waals surface area contributed by atoms with Crippen LogP contribution >= 0.6 is 0 Å². The van der Waals surface area contributed by atoms with Crippen LogP contribution in [0.1, 0.15) is 62.5 Å². The SMILES string of the molecule is C=Cc1cc(OCCCCCC(=O)O)c(C=C)cc1OCCCCCC(=O)O. The third kappa shape index (κ3) is 9.26. The molecule has 0 fully saturated rings. The van der Waals surface area contributed by atoms with Gasteiger partial charge in [0, 0.05) is 24.0 Å². The van der Waals surface area contributed by atoms with E-state index >= 15 is 0 Å². The minimum absolute atomic E-state index is 0.181. The number of benzene rings is 1. The molecule has 6 heteroatoms. The van der Waals surface area contributed by atoms with Crippen LogP contribution in [-0.4, -0.2) is 35.4 Å². The van der Waals surface area contributed by atoms with Gasteiger partial charge in [-0.3, -0.25) is 9.59 Å². The summed E-state index contributed by atoms with van der Waals surface area (Å²) in [7, 11) is 0. The Bertz CT molecular complexity index is 607. The van der Waals surface area contributed by atoms with Crippen molar-refractivity contribution in [2.45, 2.75) is 51.4 Å². The molecule has 0 spiro atoms. The van der Waals surface area contributed by atoms with E-state index in [9.17, 15) is 9.59 Å². The highest BCUT2D eigenvalue weighted by Gasteiger charge is 2.09. The molecule has 0 aromatic heterocycles. The lowest BCUT2D eigenvalue weighted by molar-refractivity contribution is -0.138. The lowest BCUT2D eigenvalue weighted by Gasteiger charge is -2.15. The van der Waals surface area contributed by atoms with Gasteiger partial charge in [0.05, 0.1) is 13.2 Å². The Morgan fingerprint density at radius 2 is 1.14 bits per heavy atom. The summed E-state index contributed by atoms with van der Waals surface area (Å²) in [6.07, 6.45) is 8.21. The second-order valence-corrected chi connectivity index (χ2v) is 6.44. The number of ether oxygens (including phenoxy) is 2. The lowest BCUT2D eigenvalue weighted by atomic mass is 10.1. The van der Waals surface area contributed by atoms with Crippen LogP contribution in [0.5, 0.6) is 11.5 Å². The van der Waals surface area contributed by atoms with Crippen LogP contribution in [0.4, 0.5) is 0 Å². The summed E-state index contributed by atoms with van der Waals surface area (Å²) in [5.41, 5.74) is 1.63. The van der Waals surface area contributed by atoms with Crippen molar-refractivity contribution in [3.8, 4) is 11.5 Å². The van der Waals surface area contributed by atoms with Crippen LogP contribution in [0.15, 0.2) is 25.3 Å². The molecule has 0 atom stereocenters. The van der Waals surface area contributed by atoms with Crippen LogP contribution in [0.2, 0.25) is 0 Å². The van der Waals surface area contributed by atoms with Gasteiger partial charge in [0.25, 0.3) is 0 Å². The molecular formula is C22H30O6. The molecule has 0 aliphatic rings. The van der Waals surface area contributed by atoms with E-state index in [1.807, 2.05) is 12.1 Å². The first-order valence-electron chi connectivity index (χ1n) is 9.60. The second-order valence-electron chi connectivity index (χ2n) is 6.44. The highest BCUT2D eigenvalue weighted by molar-refractivity contribution is 5.67. The molecule has 0 heterocycles. The maximum absolute atomic E-state index is 10.5. The molecule has 0 radical (unpaired) electrons. The highest BCUT2D eigenvalue weighted by Crippen LogP contribution is 2.31. The van der Waals surface area contributed by atoms with E-state index in [2.05, 4.69) is 13.2 Å². The fraction of sp³-hybridized carbons (Fsp3) is 0.455. The number of rotatable bonds is 16. The standard InChI is InChI=1S/C22H30O6/c1-3-17-15-20(28-14-10-6-8-12-22(25)26)18(4-2)16-19(17)27-13-9-5-7-11-21(23)24/h3-4,15-16H,1-2,5-14H2,(H,23,24)(H,25,26). The molecule has 1 rings (SSSR count). The average Bonchev–Trinajstić information content (AvgIpc) is 2.66. The molecule has 1 aromatic rings. The van der Waals surface area contributed by atoms with Crippen LogP contribution in [-0.2, 0) is 9.59 Å². The van der Waals surface area contributed by atoms with Gasteiger partial charge in [-0.2, -0.15) is 0 Å². The number of carbonyl (C=O) groups is 2. The molecule has 6 nitrogen and oxygen atoms in total. The van der Waals surface area contributed by atoms with Gasteiger partial charge >= 0.3 is 11.9 Å². The molecule has 2 N–H and O–H groups in total. The summed E-state index contributed by atoms with van der Waals surface area (Å²) in [5, 5.41) is 17.3. The van der Waals surface area contributed by atoms with E-state index in [0.29, 0.717) is 37.6 Å². The predicted octanol–water partition coefficient (Wildman–Crippen LogP) is 5.02. The van der Waals surface area contributed by atoms with Crippen molar-refractivity contribution in [1.82, 2.24) is 0 Å². The van der Waals surface area contributed by atoms with E-state index in [1.54, 1.807) is 12.2 Å². The lowest BCUT2D eigenvalue weighted by Crippen LogP contribution is -2.03. The van der Waals surface area contributed by atoms with Crippen LogP contribution < -0.4 is 9.47 Å². The van der Waals surface area contributed by atoms with Gasteiger partial charge in [0.15, 0.2) is 0 Å². The Labute approximate surface area is 166 Å². The van der Waals surface area contributed by atoms with Crippen molar-refractivity contribution in [3.05, 3.63) is 36.4 Å². The second kappa shape index (κ2) is 13.4. The first-order chi connectivity index (χ1) is 13.5. The molecule has 0 bridgehead atoms. The Balaban J connectivity index is 2.54. The number of hydrogen-bond acceptors (Lipinski definition) is 4. The molecule has 0 amide bonds. The molecule has 154 valence electrons. The quantitative estimate of drug-likeness (QED) is 0.385. The number of hydrogen-bond donors (Lipinski definition) is 2. The fourth-order valence-corrected chi connectivity index (χ4v) is 2.63. The van der Waals surface area contributed by atoms with E-state index in [0.717, 1.165) is 36.8 Å². The van der Waals surface area contributed by atoms with Crippen molar-refractivity contribution >= 4 is 24.1 Å². The van der Waals surface area contributed by atoms with Gasteiger partial charge in [0.2, 0.25) is 0 Å². The number of carboxylic acids is 2. The zero-order valence-electron chi connectivity index (χ0n) is 16.3. The zero-order chi connectivity index (χ0) is 20.8. The molecule has 1 aromatic carbocycles. The summed E-state index contributed by atoms with van der Waals surface area (Å²) in [6.45, 7) is 8.64. The van der Waals surface area contributed by atoms with E-state index < -0.39 is 11.9 Å². The molecule has 0 saturated heterocycles. The maximum atomic E-state index is 10.5. The van der Waals surface area contributed by atoms with Crippen molar-refractivity contribution < 1.29 is 29.3 Å². The summed E-state index contributed by atoms with van der Waals surface area (Å²) in [5.74, 6) is -0.167. The van der Waals surface area contributed by atoms with Crippen molar-refractivity contribution in [2.24, 2.45) is 0 Å². The summed E-state index contributed by atoms with van der Waals surface area (Å²) < 4.78 is 11.7. The summed E-state index contributed by atoms with van der Waals surface area (Å²) >= 11 is 0. The topological polar surface area (TPSA) is 93.1 Å². The zero-order valence-corrected chi connectivity index (χ0v) is 16.3. The number of aliphatic carboxylic acids is 2. The molecule has 0 unspecified atom stereocenters. The Morgan fingerprint density at radius 1 is 0.750 bits per heavy atom. The van der Waals surface area contributed by atoms with Gasteiger partial charge < -0.3 is 19.7 Å². The van der Waals surface area contributed by atoms with Crippen molar-refractivity contribution in [1.29, 1.82) is 0 Å². The van der Waals surface area contributed by atoms with Crippen LogP contribution in [0.3, 0.4) is 0 Å². The fourth-order valence-electron chi connectivity index (χ4n) is 2.63. The van der Waals surface area contributed by atoms with E-state index in [4.69, 9.17) is 19.7 Å². The molecule has 0 saturated carbocycles. The monoisotopic (exact) mass is 390 g/mol. The normalized spacial score (nSPS) is 10.3. The Morgan fingerprint density at radius 3 is 1.46 bits per heavy atom. The number of carboxylic acid groups (broad SMARTS) is 2. The maximum Gasteiger partial charge on any atom is 0.303 e. The largest absolute Gasteiger partial charge is 0.493 e. The summed E-state index contributed by atoms with van der Waals surface area (Å²) in [6, 6.07) is 3.72. The Kier molecular flexibility index (Phi) is 11.2. The van der Waals surface area contributed by atoms with Crippen molar-refractivity contribution in [3.63, 3.8) is 0 Å². The third-order valence-corrected chi connectivity index (χ3v) is 4.17. The minimum atomic E-state index is -0.775. The first-order valence-corrected chi connectivity index (χ1v) is 9.60. The van der Waals surface area contributed by atoms with Gasteiger partial charge in [0.1, 0.15) is 11.5 Å². The van der Waals surface area contributed by atoms with Gasteiger partial charge in [-0.25, -0.2) is 0 Å². The smallest absolute Gasteiger partial charge is 0.303 e.